The molecule has 1 fully saturated rings. The molecule has 0 radical (unpaired) electrons. The molecule has 0 heterocycles. The van der Waals surface area contributed by atoms with Crippen molar-refractivity contribution >= 4 is 5.78 Å². The van der Waals surface area contributed by atoms with Crippen LogP contribution in [0.4, 0.5) is 0 Å². The highest BCUT2D eigenvalue weighted by Crippen LogP contribution is 2.37. The molecule has 0 aromatic carbocycles. The van der Waals surface area contributed by atoms with Gasteiger partial charge in [-0.15, -0.1) is 6.58 Å². The standard InChI is InChI=1S/C15H26O2/c1-5-17-15(10-6-7-13(4)11-15)14(16)9-8-12(2)3/h13H,2,5-11H2,1,3-4H3. The van der Waals surface area contributed by atoms with E-state index in [1.807, 2.05) is 13.8 Å². The minimum Gasteiger partial charge on any atom is -0.367 e. The average molecular weight is 238 g/mol. The number of rotatable bonds is 6. The van der Waals surface area contributed by atoms with Gasteiger partial charge in [-0.2, -0.15) is 0 Å². The second-order valence-corrected chi connectivity index (χ2v) is 5.51. The SMILES string of the molecule is C=C(C)CCC(=O)C1(OCC)CCCC(C)C1. The summed E-state index contributed by atoms with van der Waals surface area (Å²) in [4.78, 5) is 12.4. The Morgan fingerprint density at radius 1 is 1.47 bits per heavy atom. The van der Waals surface area contributed by atoms with Crippen LogP contribution < -0.4 is 0 Å². The first-order chi connectivity index (χ1) is 8.00. The van der Waals surface area contributed by atoms with Crippen LogP contribution in [0.5, 0.6) is 0 Å². The molecule has 2 atom stereocenters. The van der Waals surface area contributed by atoms with Crippen molar-refractivity contribution in [3.05, 3.63) is 12.2 Å². The Morgan fingerprint density at radius 2 is 2.18 bits per heavy atom. The molecule has 17 heavy (non-hydrogen) atoms. The molecule has 2 unspecified atom stereocenters. The van der Waals surface area contributed by atoms with E-state index in [4.69, 9.17) is 4.74 Å². The first kappa shape index (κ1) is 14.4. The smallest absolute Gasteiger partial charge is 0.164 e. The van der Waals surface area contributed by atoms with E-state index in [1.165, 1.54) is 6.42 Å². The number of Topliss-reactive ketones (excluding diaryl/α,β-unsaturated/α-hetero) is 1. The summed E-state index contributed by atoms with van der Waals surface area (Å²) in [5, 5.41) is 0. The lowest BCUT2D eigenvalue weighted by molar-refractivity contribution is -0.151. The van der Waals surface area contributed by atoms with E-state index < -0.39 is 5.60 Å². The number of carbonyl (C=O) groups is 1. The van der Waals surface area contributed by atoms with Gasteiger partial charge in [0.15, 0.2) is 5.78 Å². The maximum Gasteiger partial charge on any atom is 0.164 e. The van der Waals surface area contributed by atoms with Crippen LogP contribution in [0.2, 0.25) is 0 Å². The van der Waals surface area contributed by atoms with Crippen LogP contribution in [0.15, 0.2) is 12.2 Å². The van der Waals surface area contributed by atoms with E-state index in [1.54, 1.807) is 0 Å². The number of ether oxygens (including phenoxy) is 1. The van der Waals surface area contributed by atoms with Crippen molar-refractivity contribution in [2.75, 3.05) is 6.61 Å². The molecule has 1 rings (SSSR count). The monoisotopic (exact) mass is 238 g/mol. The molecule has 1 saturated carbocycles. The van der Waals surface area contributed by atoms with Crippen LogP contribution in [0.25, 0.3) is 0 Å². The summed E-state index contributed by atoms with van der Waals surface area (Å²) in [5.74, 6) is 0.887. The third-order valence-corrected chi connectivity index (χ3v) is 3.66. The highest BCUT2D eigenvalue weighted by Gasteiger charge is 2.41. The molecule has 0 N–H and O–H groups in total. The van der Waals surface area contributed by atoms with Gasteiger partial charge in [-0.25, -0.2) is 0 Å². The molecule has 0 aromatic heterocycles. The van der Waals surface area contributed by atoms with Crippen LogP contribution in [0.3, 0.4) is 0 Å². The number of ketones is 1. The van der Waals surface area contributed by atoms with Crippen molar-refractivity contribution in [3.8, 4) is 0 Å². The summed E-state index contributed by atoms with van der Waals surface area (Å²) in [7, 11) is 0. The topological polar surface area (TPSA) is 26.3 Å². The molecule has 2 heteroatoms. The molecule has 0 amide bonds. The molecular formula is C15H26O2. The predicted molar refractivity (Wildman–Crippen MR) is 71.0 cm³/mol. The van der Waals surface area contributed by atoms with Crippen molar-refractivity contribution in [3.63, 3.8) is 0 Å². The molecule has 0 bridgehead atoms. The molecule has 0 saturated heterocycles. The van der Waals surface area contributed by atoms with Crippen molar-refractivity contribution in [1.82, 2.24) is 0 Å². The molecule has 0 aliphatic heterocycles. The van der Waals surface area contributed by atoms with Gasteiger partial charge >= 0.3 is 0 Å². The van der Waals surface area contributed by atoms with Crippen LogP contribution in [0, 0.1) is 5.92 Å². The first-order valence-electron chi connectivity index (χ1n) is 6.82. The average Bonchev–Trinajstić information content (AvgIpc) is 2.26. The van der Waals surface area contributed by atoms with Gasteiger partial charge in [0.1, 0.15) is 5.60 Å². The predicted octanol–water partition coefficient (Wildman–Crippen LogP) is 3.90. The number of hydrogen-bond donors (Lipinski definition) is 0. The van der Waals surface area contributed by atoms with Crippen molar-refractivity contribution in [2.24, 2.45) is 5.92 Å². The van der Waals surface area contributed by atoms with Crippen LogP contribution in [0.1, 0.15) is 59.3 Å². The van der Waals surface area contributed by atoms with Gasteiger partial charge in [0.05, 0.1) is 0 Å². The summed E-state index contributed by atoms with van der Waals surface area (Å²) in [6, 6.07) is 0. The van der Waals surface area contributed by atoms with Gasteiger partial charge in [-0.3, -0.25) is 4.79 Å². The van der Waals surface area contributed by atoms with E-state index >= 15 is 0 Å². The lowest BCUT2D eigenvalue weighted by atomic mass is 9.75. The summed E-state index contributed by atoms with van der Waals surface area (Å²) >= 11 is 0. The van der Waals surface area contributed by atoms with Crippen molar-refractivity contribution in [1.29, 1.82) is 0 Å². The Balaban J connectivity index is 2.68. The third kappa shape index (κ3) is 3.95. The minimum absolute atomic E-state index is 0.286. The maximum atomic E-state index is 12.4. The summed E-state index contributed by atoms with van der Waals surface area (Å²) in [6.45, 7) is 10.7. The highest BCUT2D eigenvalue weighted by molar-refractivity contribution is 5.87. The lowest BCUT2D eigenvalue weighted by Gasteiger charge is -2.38. The minimum atomic E-state index is -0.484. The fourth-order valence-electron chi connectivity index (χ4n) is 2.80. The Hall–Kier alpha value is -0.630. The van der Waals surface area contributed by atoms with Gasteiger partial charge in [0.2, 0.25) is 0 Å². The quantitative estimate of drug-likeness (QED) is 0.656. The molecule has 2 nitrogen and oxygen atoms in total. The van der Waals surface area contributed by atoms with Crippen LogP contribution in [-0.4, -0.2) is 18.0 Å². The molecule has 0 spiro atoms. The molecule has 98 valence electrons. The normalized spacial score (nSPS) is 29.0. The molecular weight excluding hydrogens is 212 g/mol. The Kier molecular flexibility index (Phi) is 5.38. The number of carbonyl (C=O) groups excluding carboxylic acids is 1. The van der Waals surface area contributed by atoms with E-state index in [9.17, 15) is 4.79 Å². The fraction of sp³-hybridized carbons (Fsp3) is 0.800. The van der Waals surface area contributed by atoms with Crippen LogP contribution in [-0.2, 0) is 9.53 Å². The zero-order chi connectivity index (χ0) is 12.9. The zero-order valence-corrected chi connectivity index (χ0v) is 11.6. The first-order valence-corrected chi connectivity index (χ1v) is 6.82. The van der Waals surface area contributed by atoms with Crippen molar-refractivity contribution < 1.29 is 9.53 Å². The molecule has 1 aliphatic carbocycles. The van der Waals surface area contributed by atoms with Crippen LogP contribution >= 0.6 is 0 Å². The van der Waals surface area contributed by atoms with E-state index in [0.717, 1.165) is 31.3 Å². The summed E-state index contributed by atoms with van der Waals surface area (Å²) < 4.78 is 5.86. The second-order valence-electron chi connectivity index (χ2n) is 5.51. The number of allylic oxidation sites excluding steroid dienone is 1. The summed E-state index contributed by atoms with van der Waals surface area (Å²) in [6.07, 6.45) is 5.52. The molecule has 1 aliphatic rings. The Morgan fingerprint density at radius 3 is 2.71 bits per heavy atom. The largest absolute Gasteiger partial charge is 0.367 e. The van der Waals surface area contributed by atoms with Crippen molar-refractivity contribution in [2.45, 2.75) is 64.9 Å². The van der Waals surface area contributed by atoms with Gasteiger partial charge in [0, 0.05) is 13.0 Å². The highest BCUT2D eigenvalue weighted by atomic mass is 16.5. The zero-order valence-electron chi connectivity index (χ0n) is 11.6. The second kappa shape index (κ2) is 6.34. The van der Waals surface area contributed by atoms with E-state index in [2.05, 4.69) is 13.5 Å². The maximum absolute atomic E-state index is 12.4. The van der Waals surface area contributed by atoms with E-state index in [0.29, 0.717) is 18.9 Å². The summed E-state index contributed by atoms with van der Waals surface area (Å²) in [5.41, 5.74) is 0.593. The van der Waals surface area contributed by atoms with Gasteiger partial charge in [0.25, 0.3) is 0 Å². The van der Waals surface area contributed by atoms with E-state index in [-0.39, 0.29) is 5.78 Å². The molecule has 0 aromatic rings. The Bertz CT molecular complexity index is 279. The van der Waals surface area contributed by atoms with Gasteiger partial charge < -0.3 is 4.74 Å². The van der Waals surface area contributed by atoms with Gasteiger partial charge in [-0.1, -0.05) is 18.9 Å². The Labute approximate surface area is 105 Å². The third-order valence-electron chi connectivity index (χ3n) is 3.66. The number of hydrogen-bond acceptors (Lipinski definition) is 2. The fourth-order valence-corrected chi connectivity index (χ4v) is 2.80. The van der Waals surface area contributed by atoms with Gasteiger partial charge in [-0.05, 0) is 45.4 Å². The lowest BCUT2D eigenvalue weighted by Crippen LogP contribution is -2.45.